The number of aromatic nitrogens is 2. The number of ether oxygens (including phenoxy) is 1. The fourth-order valence-electron chi connectivity index (χ4n) is 1.92. The third-order valence-electron chi connectivity index (χ3n) is 2.49. The Morgan fingerprint density at radius 3 is 2.62 bits per heavy atom. The van der Waals surface area contributed by atoms with Crippen LogP contribution in [0.1, 0.15) is 24.3 Å². The first kappa shape index (κ1) is 11.0. The molecule has 0 bridgehead atoms. The topological polar surface area (TPSA) is 55.3 Å². The molecule has 0 aliphatic carbocycles. The van der Waals surface area contributed by atoms with Gasteiger partial charge in [-0.1, -0.05) is 0 Å². The normalized spacial score (nSPS) is 25.5. The van der Waals surface area contributed by atoms with Gasteiger partial charge < -0.3 is 9.64 Å². The Morgan fingerprint density at radius 1 is 1.38 bits per heavy atom. The average Bonchev–Trinajstić information content (AvgIpc) is 2.28. The van der Waals surface area contributed by atoms with E-state index in [1.807, 2.05) is 13.8 Å². The fraction of sp³-hybridized carbons (Fsp3) is 0.545. The van der Waals surface area contributed by atoms with Gasteiger partial charge in [0, 0.05) is 25.5 Å². The van der Waals surface area contributed by atoms with Gasteiger partial charge in [0.1, 0.15) is 5.69 Å². The predicted octanol–water partition coefficient (Wildman–Crippen LogP) is 0.726. The van der Waals surface area contributed by atoms with E-state index in [0.717, 1.165) is 0 Å². The first-order valence-electron chi connectivity index (χ1n) is 5.37. The zero-order chi connectivity index (χ0) is 11.5. The minimum absolute atomic E-state index is 0.0735. The zero-order valence-electron chi connectivity index (χ0n) is 9.46. The molecule has 16 heavy (non-hydrogen) atoms. The molecule has 1 saturated heterocycles. The van der Waals surface area contributed by atoms with E-state index in [9.17, 15) is 4.79 Å². The minimum Gasteiger partial charge on any atom is -0.372 e. The van der Waals surface area contributed by atoms with Gasteiger partial charge >= 0.3 is 0 Å². The van der Waals surface area contributed by atoms with Gasteiger partial charge in [-0.2, -0.15) is 0 Å². The van der Waals surface area contributed by atoms with Gasteiger partial charge in [-0.25, -0.2) is 4.98 Å². The summed E-state index contributed by atoms with van der Waals surface area (Å²) in [7, 11) is 0. The molecule has 5 nitrogen and oxygen atoms in total. The van der Waals surface area contributed by atoms with E-state index in [1.54, 1.807) is 11.1 Å². The lowest BCUT2D eigenvalue weighted by atomic mass is 10.2. The first-order chi connectivity index (χ1) is 7.66. The molecule has 0 aromatic carbocycles. The van der Waals surface area contributed by atoms with Crippen LogP contribution in [0.5, 0.6) is 0 Å². The molecule has 0 N–H and O–H groups in total. The van der Waals surface area contributed by atoms with Gasteiger partial charge in [-0.3, -0.25) is 9.78 Å². The Balaban J connectivity index is 2.10. The van der Waals surface area contributed by atoms with Crippen LogP contribution in [0.15, 0.2) is 18.6 Å². The van der Waals surface area contributed by atoms with E-state index in [2.05, 4.69) is 9.97 Å². The van der Waals surface area contributed by atoms with Crippen molar-refractivity contribution in [2.24, 2.45) is 0 Å². The number of carbonyl (C=O) groups is 1. The predicted molar refractivity (Wildman–Crippen MR) is 57.9 cm³/mol. The quantitative estimate of drug-likeness (QED) is 0.701. The van der Waals surface area contributed by atoms with Crippen molar-refractivity contribution in [3.63, 3.8) is 0 Å². The lowest BCUT2D eigenvalue weighted by Crippen LogP contribution is -2.48. The molecular formula is C11H15N3O2. The van der Waals surface area contributed by atoms with Crippen LogP contribution in [0, 0.1) is 0 Å². The number of hydrogen-bond acceptors (Lipinski definition) is 4. The maximum absolute atomic E-state index is 12.1. The molecule has 0 saturated carbocycles. The Kier molecular flexibility index (Phi) is 3.14. The van der Waals surface area contributed by atoms with Crippen LogP contribution < -0.4 is 0 Å². The lowest BCUT2D eigenvalue weighted by molar-refractivity contribution is -0.0587. The number of nitrogens with zero attached hydrogens (tertiary/aromatic N) is 3. The Labute approximate surface area is 94.5 Å². The van der Waals surface area contributed by atoms with Crippen LogP contribution in [0.25, 0.3) is 0 Å². The molecule has 1 amide bonds. The third-order valence-corrected chi connectivity index (χ3v) is 2.49. The summed E-state index contributed by atoms with van der Waals surface area (Å²) >= 11 is 0. The molecule has 0 radical (unpaired) electrons. The van der Waals surface area contributed by atoms with Gasteiger partial charge in [0.15, 0.2) is 0 Å². The second-order valence-corrected chi connectivity index (χ2v) is 4.06. The molecule has 1 aliphatic heterocycles. The number of amides is 1. The second kappa shape index (κ2) is 4.57. The summed E-state index contributed by atoms with van der Waals surface area (Å²) in [6.45, 7) is 5.15. The largest absolute Gasteiger partial charge is 0.372 e. The van der Waals surface area contributed by atoms with Crippen LogP contribution in [0.2, 0.25) is 0 Å². The van der Waals surface area contributed by atoms with Crippen molar-refractivity contribution in [1.82, 2.24) is 14.9 Å². The second-order valence-electron chi connectivity index (χ2n) is 4.06. The summed E-state index contributed by atoms with van der Waals surface area (Å²) in [6, 6.07) is 0. The molecule has 2 atom stereocenters. The van der Waals surface area contributed by atoms with Crippen molar-refractivity contribution < 1.29 is 9.53 Å². The first-order valence-corrected chi connectivity index (χ1v) is 5.37. The SMILES string of the molecule is C[C@@H]1CN(C(=O)c2cnccn2)C[C@@H](C)O1. The number of morpholine rings is 1. The van der Waals surface area contributed by atoms with Gasteiger partial charge in [-0.15, -0.1) is 0 Å². The minimum atomic E-state index is -0.0740. The number of hydrogen-bond donors (Lipinski definition) is 0. The average molecular weight is 221 g/mol. The smallest absolute Gasteiger partial charge is 0.274 e. The zero-order valence-corrected chi connectivity index (χ0v) is 9.46. The fourth-order valence-corrected chi connectivity index (χ4v) is 1.92. The van der Waals surface area contributed by atoms with Crippen LogP contribution in [0.3, 0.4) is 0 Å². The molecule has 2 heterocycles. The number of rotatable bonds is 1. The molecule has 1 aliphatic rings. The highest BCUT2D eigenvalue weighted by molar-refractivity contribution is 5.92. The maximum Gasteiger partial charge on any atom is 0.274 e. The Bertz CT molecular complexity index is 359. The van der Waals surface area contributed by atoms with E-state index < -0.39 is 0 Å². The Hall–Kier alpha value is -1.49. The van der Waals surface area contributed by atoms with E-state index in [-0.39, 0.29) is 18.1 Å². The third kappa shape index (κ3) is 2.36. The van der Waals surface area contributed by atoms with E-state index in [1.165, 1.54) is 12.4 Å². The summed E-state index contributed by atoms with van der Waals surface area (Å²) in [6.07, 6.45) is 4.73. The van der Waals surface area contributed by atoms with E-state index in [0.29, 0.717) is 18.8 Å². The van der Waals surface area contributed by atoms with Crippen molar-refractivity contribution >= 4 is 5.91 Å². The molecule has 2 rings (SSSR count). The summed E-state index contributed by atoms with van der Waals surface area (Å²) in [5.74, 6) is -0.0740. The molecule has 86 valence electrons. The molecule has 1 aromatic rings. The van der Waals surface area contributed by atoms with Crippen molar-refractivity contribution in [2.75, 3.05) is 13.1 Å². The highest BCUT2D eigenvalue weighted by Gasteiger charge is 2.27. The van der Waals surface area contributed by atoms with Crippen LogP contribution in [-0.2, 0) is 4.74 Å². The summed E-state index contributed by atoms with van der Waals surface area (Å²) < 4.78 is 5.57. The lowest BCUT2D eigenvalue weighted by Gasteiger charge is -2.35. The monoisotopic (exact) mass is 221 g/mol. The molecule has 1 fully saturated rings. The van der Waals surface area contributed by atoms with E-state index >= 15 is 0 Å². The van der Waals surface area contributed by atoms with Crippen LogP contribution in [0.4, 0.5) is 0 Å². The molecule has 5 heteroatoms. The van der Waals surface area contributed by atoms with Crippen molar-refractivity contribution in [3.8, 4) is 0 Å². The highest BCUT2D eigenvalue weighted by Crippen LogP contribution is 2.12. The Morgan fingerprint density at radius 2 is 2.06 bits per heavy atom. The summed E-state index contributed by atoms with van der Waals surface area (Å²) in [5.41, 5.74) is 0.392. The molecule has 0 unspecified atom stereocenters. The van der Waals surface area contributed by atoms with Gasteiger partial charge in [0.2, 0.25) is 0 Å². The molecule has 0 spiro atoms. The van der Waals surface area contributed by atoms with Gasteiger partial charge in [0.05, 0.1) is 18.4 Å². The molecular weight excluding hydrogens is 206 g/mol. The van der Waals surface area contributed by atoms with Gasteiger partial charge in [0.25, 0.3) is 5.91 Å². The summed E-state index contributed by atoms with van der Waals surface area (Å²) in [4.78, 5) is 21.7. The van der Waals surface area contributed by atoms with Crippen molar-refractivity contribution in [1.29, 1.82) is 0 Å². The van der Waals surface area contributed by atoms with Crippen LogP contribution in [-0.4, -0.2) is 46.1 Å². The maximum atomic E-state index is 12.1. The van der Waals surface area contributed by atoms with E-state index in [4.69, 9.17) is 4.74 Å². The number of carbonyl (C=O) groups excluding carboxylic acids is 1. The molecule has 1 aromatic heterocycles. The highest BCUT2D eigenvalue weighted by atomic mass is 16.5. The van der Waals surface area contributed by atoms with Crippen molar-refractivity contribution in [3.05, 3.63) is 24.3 Å². The standard InChI is InChI=1S/C11H15N3O2/c1-8-6-14(7-9(2)16-8)11(15)10-5-12-3-4-13-10/h3-5,8-9H,6-7H2,1-2H3/t8-,9-/m1/s1. The van der Waals surface area contributed by atoms with Crippen LogP contribution >= 0.6 is 0 Å². The van der Waals surface area contributed by atoms with Gasteiger partial charge in [-0.05, 0) is 13.8 Å². The van der Waals surface area contributed by atoms with Crippen molar-refractivity contribution in [2.45, 2.75) is 26.1 Å². The summed E-state index contributed by atoms with van der Waals surface area (Å²) in [5, 5.41) is 0.